The molecular formula is C8H6Cl3FO2S. The van der Waals surface area contributed by atoms with E-state index in [-0.39, 0.29) is 10.6 Å². The monoisotopic (exact) mass is 290 g/mol. The molecule has 0 aromatic heterocycles. The van der Waals surface area contributed by atoms with Crippen molar-refractivity contribution in [1.82, 2.24) is 0 Å². The number of hydrogen-bond acceptors (Lipinski definition) is 2. The number of alkyl halides is 1. The molecule has 0 bridgehead atoms. The Balaban J connectivity index is 2.97. The smallest absolute Gasteiger partial charge is 0.235 e. The summed E-state index contributed by atoms with van der Waals surface area (Å²) in [7, 11) is 1.03. The third-order valence-electron chi connectivity index (χ3n) is 1.65. The summed E-state index contributed by atoms with van der Waals surface area (Å²) in [4.78, 5) is 0. The second-order valence-electron chi connectivity index (χ2n) is 2.84. The van der Waals surface area contributed by atoms with Crippen molar-refractivity contribution in [2.24, 2.45) is 0 Å². The third-order valence-corrected chi connectivity index (χ3v) is 3.28. The van der Waals surface area contributed by atoms with E-state index in [4.69, 9.17) is 33.9 Å². The van der Waals surface area contributed by atoms with Gasteiger partial charge in [-0.25, -0.2) is 12.8 Å². The molecule has 1 aromatic carbocycles. The average molecular weight is 292 g/mol. The van der Waals surface area contributed by atoms with Gasteiger partial charge in [0.25, 0.3) is 0 Å². The molecule has 0 spiro atoms. The van der Waals surface area contributed by atoms with Gasteiger partial charge < -0.3 is 0 Å². The average Bonchev–Trinajstić information content (AvgIpc) is 1.99. The van der Waals surface area contributed by atoms with Crippen molar-refractivity contribution < 1.29 is 12.8 Å². The number of hydrogen-bond donors (Lipinski definition) is 0. The zero-order chi connectivity index (χ0) is 11.6. The molecule has 1 rings (SSSR count). The highest BCUT2D eigenvalue weighted by Gasteiger charge is 2.20. The van der Waals surface area contributed by atoms with Gasteiger partial charge in [0.1, 0.15) is 11.9 Å². The highest BCUT2D eigenvalue weighted by molar-refractivity contribution is 8.13. The maximum absolute atomic E-state index is 13.4. The van der Waals surface area contributed by atoms with Gasteiger partial charge in [0.15, 0.2) is 0 Å². The fraction of sp³-hybridized carbons (Fsp3) is 0.250. The molecule has 2 nitrogen and oxygen atoms in total. The van der Waals surface area contributed by atoms with Crippen LogP contribution in [-0.2, 0) is 9.05 Å². The lowest BCUT2D eigenvalue weighted by atomic mass is 10.1. The molecule has 1 unspecified atom stereocenters. The summed E-state index contributed by atoms with van der Waals surface area (Å²) in [6.07, 6.45) is -1.75. The van der Waals surface area contributed by atoms with E-state index in [0.717, 1.165) is 0 Å². The van der Waals surface area contributed by atoms with Gasteiger partial charge in [0, 0.05) is 26.3 Å². The number of halogens is 4. The Morgan fingerprint density at radius 2 is 1.93 bits per heavy atom. The minimum Gasteiger partial charge on any atom is -0.241 e. The highest BCUT2D eigenvalue weighted by atomic mass is 35.7. The number of rotatable bonds is 3. The van der Waals surface area contributed by atoms with Crippen molar-refractivity contribution in [3.8, 4) is 0 Å². The van der Waals surface area contributed by atoms with Gasteiger partial charge in [-0.3, -0.25) is 0 Å². The Morgan fingerprint density at radius 1 is 1.33 bits per heavy atom. The van der Waals surface area contributed by atoms with E-state index in [9.17, 15) is 12.8 Å². The molecule has 0 aliphatic heterocycles. The van der Waals surface area contributed by atoms with Crippen LogP contribution in [0.5, 0.6) is 0 Å². The SMILES string of the molecule is O=S(=O)(Cl)CC(F)c1ccc(Cl)cc1Cl. The summed E-state index contributed by atoms with van der Waals surface area (Å²) in [5.41, 5.74) is 0.0605. The zero-order valence-corrected chi connectivity index (χ0v) is 10.3. The molecule has 1 atom stereocenters. The third kappa shape index (κ3) is 4.15. The van der Waals surface area contributed by atoms with Gasteiger partial charge in [-0.05, 0) is 12.1 Å². The van der Waals surface area contributed by atoms with Crippen LogP contribution in [0.1, 0.15) is 11.7 Å². The zero-order valence-electron chi connectivity index (χ0n) is 7.25. The Bertz CT molecular complexity index is 461. The summed E-state index contributed by atoms with van der Waals surface area (Å²) >= 11 is 11.3. The van der Waals surface area contributed by atoms with E-state index in [1.54, 1.807) is 0 Å². The standard InChI is InChI=1S/C8H6Cl3FO2S/c9-5-1-2-6(7(10)3-5)8(12)4-15(11,13)14/h1-3,8H,4H2. The second-order valence-corrected chi connectivity index (χ2v) is 6.50. The van der Waals surface area contributed by atoms with Gasteiger partial charge in [-0.2, -0.15) is 0 Å². The van der Waals surface area contributed by atoms with Crippen molar-refractivity contribution in [3.05, 3.63) is 33.8 Å². The molecule has 84 valence electrons. The van der Waals surface area contributed by atoms with Crippen molar-refractivity contribution >= 4 is 42.9 Å². The molecule has 0 saturated heterocycles. The molecule has 0 aliphatic carbocycles. The van der Waals surface area contributed by atoms with Crippen LogP contribution in [0.15, 0.2) is 18.2 Å². The summed E-state index contributed by atoms with van der Waals surface area (Å²) in [5, 5.41) is 0.431. The van der Waals surface area contributed by atoms with Crippen molar-refractivity contribution in [2.45, 2.75) is 6.17 Å². The van der Waals surface area contributed by atoms with Crippen LogP contribution >= 0.6 is 33.9 Å². The lowest BCUT2D eigenvalue weighted by molar-refractivity contribution is 0.376. The number of benzene rings is 1. The second kappa shape index (κ2) is 4.87. The Hall–Kier alpha value is -0.0300. The minimum absolute atomic E-state index is 0.0605. The van der Waals surface area contributed by atoms with E-state index in [0.29, 0.717) is 5.02 Å². The molecule has 0 aliphatic rings. The van der Waals surface area contributed by atoms with Crippen LogP contribution in [-0.4, -0.2) is 14.2 Å². The molecular weight excluding hydrogens is 286 g/mol. The quantitative estimate of drug-likeness (QED) is 0.798. The molecule has 0 heterocycles. The Labute approximate surface area is 101 Å². The fourth-order valence-corrected chi connectivity index (χ4v) is 2.41. The molecule has 15 heavy (non-hydrogen) atoms. The van der Waals surface area contributed by atoms with Crippen LogP contribution < -0.4 is 0 Å². The van der Waals surface area contributed by atoms with Crippen LogP contribution in [0, 0.1) is 0 Å². The minimum atomic E-state index is -3.89. The first-order valence-electron chi connectivity index (χ1n) is 3.81. The molecule has 0 fully saturated rings. The highest BCUT2D eigenvalue weighted by Crippen LogP contribution is 2.29. The maximum Gasteiger partial charge on any atom is 0.235 e. The van der Waals surface area contributed by atoms with Gasteiger partial charge in [0.05, 0.1) is 0 Å². The maximum atomic E-state index is 13.4. The molecule has 7 heteroatoms. The Kier molecular flexibility index (Phi) is 4.23. The molecule has 1 aromatic rings. The van der Waals surface area contributed by atoms with Crippen LogP contribution in [0.2, 0.25) is 10.0 Å². The van der Waals surface area contributed by atoms with Crippen LogP contribution in [0.3, 0.4) is 0 Å². The summed E-state index contributed by atoms with van der Waals surface area (Å²) in [6, 6.07) is 4.10. The lowest BCUT2D eigenvalue weighted by Gasteiger charge is -2.08. The largest absolute Gasteiger partial charge is 0.241 e. The van der Waals surface area contributed by atoms with Crippen molar-refractivity contribution in [2.75, 3.05) is 5.75 Å². The predicted octanol–water partition coefficient (Wildman–Crippen LogP) is 3.57. The summed E-state index contributed by atoms with van der Waals surface area (Å²) in [5.74, 6) is -0.810. The molecule has 0 saturated carbocycles. The van der Waals surface area contributed by atoms with E-state index < -0.39 is 21.0 Å². The summed E-state index contributed by atoms with van der Waals surface area (Å²) in [6.45, 7) is 0. The summed E-state index contributed by atoms with van der Waals surface area (Å²) < 4.78 is 34.7. The van der Waals surface area contributed by atoms with Crippen molar-refractivity contribution in [1.29, 1.82) is 0 Å². The fourth-order valence-electron chi connectivity index (χ4n) is 1.02. The van der Waals surface area contributed by atoms with Gasteiger partial charge in [0.2, 0.25) is 9.05 Å². The molecule has 0 N–H and O–H groups in total. The van der Waals surface area contributed by atoms with Gasteiger partial charge in [-0.15, -0.1) is 0 Å². The lowest BCUT2D eigenvalue weighted by Crippen LogP contribution is -2.06. The predicted molar refractivity (Wildman–Crippen MR) is 60.0 cm³/mol. The first kappa shape index (κ1) is 13.0. The van der Waals surface area contributed by atoms with E-state index >= 15 is 0 Å². The van der Waals surface area contributed by atoms with E-state index in [2.05, 4.69) is 0 Å². The topological polar surface area (TPSA) is 34.1 Å². The van der Waals surface area contributed by atoms with Crippen molar-refractivity contribution in [3.63, 3.8) is 0 Å². The van der Waals surface area contributed by atoms with Crippen LogP contribution in [0.25, 0.3) is 0 Å². The molecule has 0 amide bonds. The molecule has 0 radical (unpaired) electrons. The van der Waals surface area contributed by atoms with Gasteiger partial charge >= 0.3 is 0 Å². The van der Waals surface area contributed by atoms with Gasteiger partial charge in [-0.1, -0.05) is 29.3 Å². The van der Waals surface area contributed by atoms with E-state index in [1.165, 1.54) is 18.2 Å². The Morgan fingerprint density at radius 3 is 2.40 bits per heavy atom. The first-order chi connectivity index (χ1) is 6.79. The van der Waals surface area contributed by atoms with Crippen LogP contribution in [0.4, 0.5) is 4.39 Å². The normalized spacial score (nSPS) is 13.9. The first-order valence-corrected chi connectivity index (χ1v) is 7.04. The van der Waals surface area contributed by atoms with E-state index in [1.807, 2.05) is 0 Å².